The van der Waals surface area contributed by atoms with Crippen LogP contribution in [0.2, 0.25) is 5.02 Å². The van der Waals surface area contributed by atoms with Gasteiger partial charge in [0.1, 0.15) is 0 Å². The lowest BCUT2D eigenvalue weighted by Crippen LogP contribution is -2.34. The van der Waals surface area contributed by atoms with Gasteiger partial charge in [0.25, 0.3) is 0 Å². The minimum atomic E-state index is -0.665. The predicted molar refractivity (Wildman–Crippen MR) is 85.0 cm³/mol. The number of rotatable bonds is 2. The third-order valence-electron chi connectivity index (χ3n) is 3.74. The maximum Gasteiger partial charge on any atom is 0.0999 e. The Hall–Kier alpha value is -0.870. The first-order chi connectivity index (χ1) is 9.66. The fourth-order valence-corrected chi connectivity index (χ4v) is 3.35. The predicted octanol–water partition coefficient (Wildman–Crippen LogP) is 4.02. The zero-order valence-electron chi connectivity index (χ0n) is 10.8. The molecule has 0 radical (unpaired) electrons. The van der Waals surface area contributed by atoms with Gasteiger partial charge in [0.2, 0.25) is 0 Å². The third kappa shape index (κ3) is 2.63. The summed E-state index contributed by atoms with van der Waals surface area (Å²) in [6.07, 6.45) is 0.326. The molecular weight excluding hydrogens is 338 g/mol. The average Bonchev–Trinajstić information content (AvgIpc) is 2.48. The van der Waals surface area contributed by atoms with E-state index in [0.29, 0.717) is 5.02 Å². The summed E-state index contributed by atoms with van der Waals surface area (Å²) in [5, 5.41) is 14.7. The van der Waals surface area contributed by atoms with Gasteiger partial charge >= 0.3 is 0 Å². The van der Waals surface area contributed by atoms with Crippen molar-refractivity contribution in [2.24, 2.45) is 0 Å². The maximum absolute atomic E-state index is 10.7. The van der Waals surface area contributed by atoms with E-state index < -0.39 is 6.10 Å². The highest BCUT2D eigenvalue weighted by Crippen LogP contribution is 2.37. The lowest BCUT2D eigenvalue weighted by Gasteiger charge is -2.31. The number of fused-ring (bicyclic) bond motifs is 1. The number of hydrogen-bond acceptors (Lipinski definition) is 2. The Morgan fingerprint density at radius 1 is 1.25 bits per heavy atom. The molecule has 1 aliphatic heterocycles. The molecule has 2 unspecified atom stereocenters. The zero-order chi connectivity index (χ0) is 14.1. The van der Waals surface area contributed by atoms with Crippen molar-refractivity contribution >= 4 is 27.5 Å². The number of halogens is 2. The monoisotopic (exact) mass is 351 g/mol. The highest BCUT2D eigenvalue weighted by molar-refractivity contribution is 9.10. The summed E-state index contributed by atoms with van der Waals surface area (Å²) in [5.74, 6) is 0. The molecule has 1 aliphatic rings. The van der Waals surface area contributed by atoms with Gasteiger partial charge in [-0.15, -0.1) is 0 Å². The molecule has 2 aromatic carbocycles. The molecule has 0 saturated heterocycles. The molecule has 4 heteroatoms. The fraction of sp³-hybridized carbons (Fsp3) is 0.250. The van der Waals surface area contributed by atoms with E-state index in [1.165, 1.54) is 5.56 Å². The number of hydrogen-bond donors (Lipinski definition) is 2. The highest BCUT2D eigenvalue weighted by Gasteiger charge is 2.28. The molecule has 104 valence electrons. The number of benzene rings is 2. The largest absolute Gasteiger partial charge is 0.386 e. The molecule has 0 saturated carbocycles. The van der Waals surface area contributed by atoms with Crippen LogP contribution in [0.15, 0.2) is 46.9 Å². The summed E-state index contributed by atoms with van der Waals surface area (Å²) in [4.78, 5) is 0. The molecule has 0 aromatic heterocycles. The molecule has 3 rings (SSSR count). The first-order valence-corrected chi connectivity index (χ1v) is 7.78. The molecule has 2 N–H and O–H groups in total. The quantitative estimate of drug-likeness (QED) is 0.855. The van der Waals surface area contributed by atoms with E-state index in [1.54, 1.807) is 6.07 Å². The highest BCUT2D eigenvalue weighted by atomic mass is 79.9. The molecule has 0 aliphatic carbocycles. The lowest BCUT2D eigenvalue weighted by atomic mass is 9.88. The summed E-state index contributed by atoms with van der Waals surface area (Å²) in [6, 6.07) is 13.7. The van der Waals surface area contributed by atoms with Gasteiger partial charge in [-0.05, 0) is 42.3 Å². The van der Waals surface area contributed by atoms with E-state index in [-0.39, 0.29) is 6.04 Å². The van der Waals surface area contributed by atoms with Crippen molar-refractivity contribution < 1.29 is 5.11 Å². The summed E-state index contributed by atoms with van der Waals surface area (Å²) >= 11 is 9.66. The second kappa shape index (κ2) is 5.86. The summed E-state index contributed by atoms with van der Waals surface area (Å²) in [5.41, 5.74) is 3.19. The molecule has 2 nitrogen and oxygen atoms in total. The Balaban J connectivity index is 1.99. The maximum atomic E-state index is 10.7. The molecule has 0 fully saturated rings. The standard InChI is InChI=1S/C16H15BrClNO/c17-11-5-6-14(18)13(9-11)16(20)15-12-4-2-1-3-10(12)7-8-19-15/h1-6,9,15-16,19-20H,7-8H2. The van der Waals surface area contributed by atoms with E-state index in [1.807, 2.05) is 24.3 Å². The Morgan fingerprint density at radius 3 is 2.90 bits per heavy atom. The van der Waals surface area contributed by atoms with Crippen molar-refractivity contribution in [1.82, 2.24) is 5.32 Å². The van der Waals surface area contributed by atoms with Gasteiger partial charge in [-0.2, -0.15) is 0 Å². The first kappa shape index (κ1) is 14.1. The normalized spacial score (nSPS) is 19.4. The second-order valence-electron chi connectivity index (χ2n) is 4.99. The molecular formula is C16H15BrClNO. The van der Waals surface area contributed by atoms with Crippen LogP contribution in [0.5, 0.6) is 0 Å². The molecule has 0 bridgehead atoms. The van der Waals surface area contributed by atoms with Crippen LogP contribution in [0, 0.1) is 0 Å². The van der Waals surface area contributed by atoms with E-state index in [2.05, 4.69) is 33.4 Å². The molecule has 2 aromatic rings. The van der Waals surface area contributed by atoms with Gasteiger partial charge in [0, 0.05) is 15.1 Å². The topological polar surface area (TPSA) is 32.3 Å². The third-order valence-corrected chi connectivity index (χ3v) is 4.58. The summed E-state index contributed by atoms with van der Waals surface area (Å²) in [6.45, 7) is 0.865. The fourth-order valence-electron chi connectivity index (χ4n) is 2.74. The average molecular weight is 353 g/mol. The molecule has 2 atom stereocenters. The van der Waals surface area contributed by atoms with Crippen LogP contribution in [0.3, 0.4) is 0 Å². The number of aliphatic hydroxyl groups is 1. The van der Waals surface area contributed by atoms with Gasteiger partial charge < -0.3 is 10.4 Å². The van der Waals surface area contributed by atoms with Crippen LogP contribution >= 0.6 is 27.5 Å². The van der Waals surface area contributed by atoms with Crippen molar-refractivity contribution in [3.63, 3.8) is 0 Å². The van der Waals surface area contributed by atoms with Crippen molar-refractivity contribution in [1.29, 1.82) is 0 Å². The Bertz CT molecular complexity index is 632. The molecule has 20 heavy (non-hydrogen) atoms. The van der Waals surface area contributed by atoms with Crippen LogP contribution < -0.4 is 5.32 Å². The SMILES string of the molecule is OC(c1cc(Br)ccc1Cl)C1NCCc2ccccc21. The van der Waals surface area contributed by atoms with E-state index in [4.69, 9.17) is 11.6 Å². The Morgan fingerprint density at radius 2 is 2.05 bits per heavy atom. The van der Waals surface area contributed by atoms with Crippen molar-refractivity contribution in [3.05, 3.63) is 68.7 Å². The molecule has 0 amide bonds. The van der Waals surface area contributed by atoms with Crippen LogP contribution in [-0.2, 0) is 6.42 Å². The first-order valence-electron chi connectivity index (χ1n) is 6.61. The van der Waals surface area contributed by atoms with Crippen LogP contribution in [-0.4, -0.2) is 11.7 Å². The van der Waals surface area contributed by atoms with E-state index in [9.17, 15) is 5.11 Å². The minimum Gasteiger partial charge on any atom is -0.386 e. The minimum absolute atomic E-state index is 0.119. The van der Waals surface area contributed by atoms with Gasteiger partial charge in [-0.3, -0.25) is 0 Å². The Kier molecular flexibility index (Phi) is 4.13. The van der Waals surface area contributed by atoms with Crippen molar-refractivity contribution in [2.75, 3.05) is 6.54 Å². The number of nitrogens with one attached hydrogen (secondary N) is 1. The lowest BCUT2D eigenvalue weighted by molar-refractivity contribution is 0.125. The smallest absolute Gasteiger partial charge is 0.0999 e. The van der Waals surface area contributed by atoms with Gasteiger partial charge in [-0.25, -0.2) is 0 Å². The van der Waals surface area contributed by atoms with Crippen LogP contribution in [0.4, 0.5) is 0 Å². The summed E-state index contributed by atoms with van der Waals surface area (Å²) < 4.78 is 0.917. The van der Waals surface area contributed by atoms with Crippen LogP contribution in [0.1, 0.15) is 28.8 Å². The van der Waals surface area contributed by atoms with Crippen molar-refractivity contribution in [2.45, 2.75) is 18.6 Å². The molecule has 1 heterocycles. The summed E-state index contributed by atoms with van der Waals surface area (Å²) in [7, 11) is 0. The number of aliphatic hydroxyl groups excluding tert-OH is 1. The second-order valence-corrected chi connectivity index (χ2v) is 6.31. The van der Waals surface area contributed by atoms with E-state index >= 15 is 0 Å². The van der Waals surface area contributed by atoms with Gasteiger partial charge in [-0.1, -0.05) is 51.8 Å². The van der Waals surface area contributed by atoms with Crippen molar-refractivity contribution in [3.8, 4) is 0 Å². The Labute approximate surface area is 131 Å². The van der Waals surface area contributed by atoms with Crippen LogP contribution in [0.25, 0.3) is 0 Å². The zero-order valence-corrected chi connectivity index (χ0v) is 13.2. The van der Waals surface area contributed by atoms with Gasteiger partial charge in [0.05, 0.1) is 12.1 Å². The van der Waals surface area contributed by atoms with E-state index in [0.717, 1.165) is 28.6 Å². The molecule has 0 spiro atoms. The van der Waals surface area contributed by atoms with Gasteiger partial charge in [0.15, 0.2) is 0 Å².